The molecule has 86 valence electrons. The first-order valence-corrected chi connectivity index (χ1v) is 6.06. The Morgan fingerprint density at radius 1 is 1.18 bits per heavy atom. The number of hydrogen-bond donors (Lipinski definition) is 1. The SMILES string of the molecule is OC1CCCc2cc(-c3cccnc3)ccc21. The van der Waals surface area contributed by atoms with Gasteiger partial charge >= 0.3 is 0 Å². The van der Waals surface area contributed by atoms with Crippen LogP contribution in [0.25, 0.3) is 11.1 Å². The molecule has 2 nitrogen and oxygen atoms in total. The average molecular weight is 225 g/mol. The van der Waals surface area contributed by atoms with E-state index in [1.54, 1.807) is 6.20 Å². The minimum Gasteiger partial charge on any atom is -0.388 e. The molecule has 3 rings (SSSR count). The normalized spacial score (nSPS) is 18.8. The number of pyridine rings is 1. The van der Waals surface area contributed by atoms with Gasteiger partial charge in [-0.25, -0.2) is 0 Å². The van der Waals surface area contributed by atoms with Crippen molar-refractivity contribution in [3.05, 3.63) is 53.9 Å². The summed E-state index contributed by atoms with van der Waals surface area (Å²) >= 11 is 0. The van der Waals surface area contributed by atoms with Crippen LogP contribution in [0.5, 0.6) is 0 Å². The molecule has 1 aliphatic rings. The first kappa shape index (κ1) is 10.5. The molecule has 17 heavy (non-hydrogen) atoms. The molecular formula is C15H15NO. The highest BCUT2D eigenvalue weighted by atomic mass is 16.3. The zero-order chi connectivity index (χ0) is 11.7. The van der Waals surface area contributed by atoms with Crippen molar-refractivity contribution < 1.29 is 5.11 Å². The van der Waals surface area contributed by atoms with E-state index in [0.29, 0.717) is 0 Å². The van der Waals surface area contributed by atoms with Gasteiger partial charge in [-0.2, -0.15) is 0 Å². The Morgan fingerprint density at radius 3 is 2.94 bits per heavy atom. The van der Waals surface area contributed by atoms with Crippen molar-refractivity contribution in [1.29, 1.82) is 0 Å². The van der Waals surface area contributed by atoms with Crippen molar-refractivity contribution in [2.45, 2.75) is 25.4 Å². The maximum Gasteiger partial charge on any atom is 0.0792 e. The lowest BCUT2D eigenvalue weighted by Gasteiger charge is -2.21. The van der Waals surface area contributed by atoms with Gasteiger partial charge in [-0.05, 0) is 47.6 Å². The van der Waals surface area contributed by atoms with Crippen molar-refractivity contribution >= 4 is 0 Å². The zero-order valence-corrected chi connectivity index (χ0v) is 9.63. The Balaban J connectivity index is 2.04. The third kappa shape index (κ3) is 1.96. The summed E-state index contributed by atoms with van der Waals surface area (Å²) in [6.07, 6.45) is 6.42. The zero-order valence-electron chi connectivity index (χ0n) is 9.63. The predicted octanol–water partition coefficient (Wildman–Crippen LogP) is 3.12. The molecule has 2 aromatic rings. The van der Waals surface area contributed by atoms with Gasteiger partial charge in [0, 0.05) is 12.4 Å². The lowest BCUT2D eigenvalue weighted by molar-refractivity contribution is 0.156. The molecule has 1 aromatic carbocycles. The van der Waals surface area contributed by atoms with Crippen LogP contribution in [-0.2, 0) is 6.42 Å². The van der Waals surface area contributed by atoms with Gasteiger partial charge in [0.2, 0.25) is 0 Å². The summed E-state index contributed by atoms with van der Waals surface area (Å²) in [5.74, 6) is 0. The topological polar surface area (TPSA) is 33.1 Å². The molecule has 1 N–H and O–H groups in total. The van der Waals surface area contributed by atoms with Crippen LogP contribution in [0, 0.1) is 0 Å². The van der Waals surface area contributed by atoms with Gasteiger partial charge in [-0.3, -0.25) is 4.98 Å². The Morgan fingerprint density at radius 2 is 2.12 bits per heavy atom. The Labute approximate surface area is 101 Å². The average Bonchev–Trinajstić information content (AvgIpc) is 2.40. The van der Waals surface area contributed by atoms with Crippen LogP contribution in [-0.4, -0.2) is 10.1 Å². The second-order valence-corrected chi connectivity index (χ2v) is 4.56. The molecule has 0 radical (unpaired) electrons. The molecule has 0 saturated heterocycles. The monoisotopic (exact) mass is 225 g/mol. The lowest BCUT2D eigenvalue weighted by atomic mass is 9.87. The standard InChI is InChI=1S/C15H15NO/c17-15-5-1-3-12-9-11(6-7-14(12)15)13-4-2-8-16-10-13/h2,4,6-10,15,17H,1,3,5H2. The van der Waals surface area contributed by atoms with Crippen LogP contribution in [0.4, 0.5) is 0 Å². The van der Waals surface area contributed by atoms with Gasteiger partial charge in [0.05, 0.1) is 6.10 Å². The maximum atomic E-state index is 9.91. The molecule has 0 amide bonds. The second kappa shape index (κ2) is 4.30. The van der Waals surface area contributed by atoms with E-state index < -0.39 is 0 Å². The highest BCUT2D eigenvalue weighted by Crippen LogP contribution is 2.32. The second-order valence-electron chi connectivity index (χ2n) is 4.56. The highest BCUT2D eigenvalue weighted by Gasteiger charge is 2.17. The van der Waals surface area contributed by atoms with Gasteiger partial charge in [-0.15, -0.1) is 0 Å². The van der Waals surface area contributed by atoms with Crippen LogP contribution in [0.2, 0.25) is 0 Å². The Kier molecular flexibility index (Phi) is 2.65. The largest absolute Gasteiger partial charge is 0.388 e. The number of nitrogens with zero attached hydrogens (tertiary/aromatic N) is 1. The van der Waals surface area contributed by atoms with Gasteiger partial charge < -0.3 is 5.11 Å². The number of aromatic nitrogens is 1. The van der Waals surface area contributed by atoms with E-state index in [4.69, 9.17) is 0 Å². The summed E-state index contributed by atoms with van der Waals surface area (Å²) in [5, 5.41) is 9.91. The maximum absolute atomic E-state index is 9.91. The molecule has 1 heterocycles. The van der Waals surface area contributed by atoms with Crippen LogP contribution in [0.15, 0.2) is 42.7 Å². The van der Waals surface area contributed by atoms with E-state index in [1.165, 1.54) is 11.1 Å². The fourth-order valence-electron chi connectivity index (χ4n) is 2.50. The number of aliphatic hydroxyl groups is 1. The molecule has 0 saturated carbocycles. The summed E-state index contributed by atoms with van der Waals surface area (Å²) in [6, 6.07) is 10.3. The van der Waals surface area contributed by atoms with Crippen LogP contribution in [0.3, 0.4) is 0 Å². The molecule has 1 aromatic heterocycles. The van der Waals surface area contributed by atoms with Crippen LogP contribution < -0.4 is 0 Å². The van der Waals surface area contributed by atoms with Gasteiger partial charge in [0.15, 0.2) is 0 Å². The minimum atomic E-state index is -0.276. The smallest absolute Gasteiger partial charge is 0.0792 e. The fraction of sp³-hybridized carbons (Fsp3) is 0.267. The van der Waals surface area contributed by atoms with Crippen molar-refractivity contribution in [2.75, 3.05) is 0 Å². The Bertz CT molecular complexity index is 522. The Hall–Kier alpha value is -1.67. The van der Waals surface area contributed by atoms with E-state index in [0.717, 1.165) is 30.4 Å². The molecular weight excluding hydrogens is 210 g/mol. The fourth-order valence-corrected chi connectivity index (χ4v) is 2.50. The van der Waals surface area contributed by atoms with Crippen molar-refractivity contribution in [1.82, 2.24) is 4.98 Å². The third-order valence-corrected chi connectivity index (χ3v) is 3.42. The molecule has 0 aliphatic heterocycles. The van der Waals surface area contributed by atoms with Crippen LogP contribution >= 0.6 is 0 Å². The van der Waals surface area contributed by atoms with E-state index >= 15 is 0 Å². The van der Waals surface area contributed by atoms with E-state index in [9.17, 15) is 5.11 Å². The predicted molar refractivity (Wildman–Crippen MR) is 67.6 cm³/mol. The first-order valence-electron chi connectivity index (χ1n) is 6.06. The van der Waals surface area contributed by atoms with Gasteiger partial charge in [0.1, 0.15) is 0 Å². The third-order valence-electron chi connectivity index (χ3n) is 3.42. The van der Waals surface area contributed by atoms with E-state index in [-0.39, 0.29) is 6.10 Å². The molecule has 1 aliphatic carbocycles. The number of benzene rings is 1. The van der Waals surface area contributed by atoms with Crippen molar-refractivity contribution in [2.24, 2.45) is 0 Å². The van der Waals surface area contributed by atoms with Crippen molar-refractivity contribution in [3.63, 3.8) is 0 Å². The number of aryl methyl sites for hydroxylation is 1. The molecule has 0 spiro atoms. The number of aliphatic hydroxyl groups excluding tert-OH is 1. The molecule has 1 atom stereocenters. The van der Waals surface area contributed by atoms with E-state index in [2.05, 4.69) is 29.2 Å². The first-order chi connectivity index (χ1) is 8.34. The van der Waals surface area contributed by atoms with Crippen molar-refractivity contribution in [3.8, 4) is 11.1 Å². The van der Waals surface area contributed by atoms with E-state index in [1.807, 2.05) is 12.3 Å². The van der Waals surface area contributed by atoms with Gasteiger partial charge in [-0.1, -0.05) is 24.3 Å². The molecule has 1 unspecified atom stereocenters. The summed E-state index contributed by atoms with van der Waals surface area (Å²) in [5.41, 5.74) is 4.70. The summed E-state index contributed by atoms with van der Waals surface area (Å²) < 4.78 is 0. The number of rotatable bonds is 1. The summed E-state index contributed by atoms with van der Waals surface area (Å²) in [7, 11) is 0. The van der Waals surface area contributed by atoms with Gasteiger partial charge in [0.25, 0.3) is 0 Å². The minimum absolute atomic E-state index is 0.276. The summed E-state index contributed by atoms with van der Waals surface area (Å²) in [6.45, 7) is 0. The number of hydrogen-bond acceptors (Lipinski definition) is 2. The summed E-state index contributed by atoms with van der Waals surface area (Å²) in [4.78, 5) is 4.14. The molecule has 0 fully saturated rings. The lowest BCUT2D eigenvalue weighted by Crippen LogP contribution is -2.08. The molecule has 2 heteroatoms. The van der Waals surface area contributed by atoms with Crippen LogP contribution in [0.1, 0.15) is 30.1 Å². The molecule has 0 bridgehead atoms. The quantitative estimate of drug-likeness (QED) is 0.809. The number of fused-ring (bicyclic) bond motifs is 1. The highest BCUT2D eigenvalue weighted by molar-refractivity contribution is 5.64.